The lowest BCUT2D eigenvalue weighted by Gasteiger charge is -2.27. The summed E-state index contributed by atoms with van der Waals surface area (Å²) in [7, 11) is 0. The number of rotatable bonds is 5. The van der Waals surface area contributed by atoms with Gasteiger partial charge in [-0.15, -0.1) is 0 Å². The Morgan fingerprint density at radius 1 is 1.20 bits per heavy atom. The molecule has 2 N–H and O–H groups in total. The molecule has 2 aliphatic rings. The Kier molecular flexibility index (Phi) is 3.74. The fraction of sp³-hybridized carbons (Fsp3) is 0.647. The van der Waals surface area contributed by atoms with Crippen LogP contribution in [-0.4, -0.2) is 29.2 Å². The minimum absolute atomic E-state index is 0.0705. The third-order valence-electron chi connectivity index (χ3n) is 4.42. The summed E-state index contributed by atoms with van der Waals surface area (Å²) < 4.78 is 6.15. The van der Waals surface area contributed by atoms with Crippen LogP contribution < -0.4 is 5.73 Å². The first-order valence-electron chi connectivity index (χ1n) is 7.78. The summed E-state index contributed by atoms with van der Waals surface area (Å²) in [6.07, 6.45) is 5.45. The second kappa shape index (κ2) is 5.38. The van der Waals surface area contributed by atoms with Crippen molar-refractivity contribution in [2.75, 3.05) is 12.3 Å². The number of benzene rings is 1. The standard InChI is InChI=1S/C17H26N2O/c1-17(2)10-9-16(20-17)12-19(15-7-8-15)11-13-3-5-14(18)6-4-13/h3-6,15-16H,7-12,18H2,1-2H3. The van der Waals surface area contributed by atoms with E-state index >= 15 is 0 Å². The van der Waals surface area contributed by atoms with Crippen molar-refractivity contribution in [3.8, 4) is 0 Å². The van der Waals surface area contributed by atoms with E-state index < -0.39 is 0 Å². The molecule has 1 aliphatic heterocycles. The summed E-state index contributed by atoms with van der Waals surface area (Å²) in [5.41, 5.74) is 8.02. The lowest BCUT2D eigenvalue weighted by molar-refractivity contribution is -0.0306. The molecule has 1 atom stereocenters. The van der Waals surface area contributed by atoms with Crippen LogP contribution in [0.2, 0.25) is 0 Å². The lowest BCUT2D eigenvalue weighted by Crippen LogP contribution is -2.35. The molecule has 3 nitrogen and oxygen atoms in total. The van der Waals surface area contributed by atoms with E-state index in [9.17, 15) is 0 Å². The van der Waals surface area contributed by atoms with E-state index in [0.717, 1.165) is 24.8 Å². The van der Waals surface area contributed by atoms with Gasteiger partial charge in [0.05, 0.1) is 11.7 Å². The molecular weight excluding hydrogens is 248 g/mol. The van der Waals surface area contributed by atoms with Gasteiger partial charge in [-0.05, 0) is 57.2 Å². The Bertz CT molecular complexity index is 451. The molecule has 1 unspecified atom stereocenters. The third kappa shape index (κ3) is 3.53. The Morgan fingerprint density at radius 2 is 1.90 bits per heavy atom. The second-order valence-electron chi connectivity index (χ2n) is 6.94. The highest BCUT2D eigenvalue weighted by Crippen LogP contribution is 2.33. The minimum atomic E-state index is 0.0705. The zero-order valence-electron chi connectivity index (χ0n) is 12.6. The average Bonchev–Trinajstić information content (AvgIpc) is 3.17. The quantitative estimate of drug-likeness (QED) is 0.838. The van der Waals surface area contributed by atoms with E-state index in [0.29, 0.717) is 6.10 Å². The first-order chi connectivity index (χ1) is 9.52. The molecule has 0 amide bonds. The van der Waals surface area contributed by atoms with Gasteiger partial charge in [0.1, 0.15) is 0 Å². The van der Waals surface area contributed by atoms with Gasteiger partial charge in [-0.3, -0.25) is 4.90 Å². The van der Waals surface area contributed by atoms with Crippen molar-refractivity contribution in [1.82, 2.24) is 4.90 Å². The van der Waals surface area contributed by atoms with Crippen molar-refractivity contribution >= 4 is 5.69 Å². The van der Waals surface area contributed by atoms with Crippen LogP contribution >= 0.6 is 0 Å². The monoisotopic (exact) mass is 274 g/mol. The molecule has 1 saturated carbocycles. The molecule has 110 valence electrons. The zero-order chi connectivity index (χ0) is 14.2. The third-order valence-corrected chi connectivity index (χ3v) is 4.42. The van der Waals surface area contributed by atoms with Crippen LogP contribution in [0.1, 0.15) is 45.1 Å². The van der Waals surface area contributed by atoms with Gasteiger partial charge >= 0.3 is 0 Å². The molecule has 0 spiro atoms. The first-order valence-corrected chi connectivity index (χ1v) is 7.78. The average molecular weight is 274 g/mol. The minimum Gasteiger partial charge on any atom is -0.399 e. The predicted octanol–water partition coefficient (Wildman–Crippen LogP) is 3.19. The topological polar surface area (TPSA) is 38.5 Å². The van der Waals surface area contributed by atoms with Gasteiger partial charge in [0.15, 0.2) is 0 Å². The molecule has 1 aromatic rings. The molecule has 0 aromatic heterocycles. The van der Waals surface area contributed by atoms with Crippen molar-refractivity contribution < 1.29 is 4.74 Å². The molecule has 3 rings (SSSR count). The fourth-order valence-electron chi connectivity index (χ4n) is 3.11. The highest BCUT2D eigenvalue weighted by Gasteiger charge is 2.36. The smallest absolute Gasteiger partial charge is 0.0710 e. The normalized spacial score (nSPS) is 25.2. The number of anilines is 1. The number of hydrogen-bond donors (Lipinski definition) is 1. The fourth-order valence-corrected chi connectivity index (χ4v) is 3.11. The van der Waals surface area contributed by atoms with E-state index in [-0.39, 0.29) is 5.60 Å². The molecule has 1 heterocycles. The molecule has 3 heteroatoms. The maximum Gasteiger partial charge on any atom is 0.0710 e. The van der Waals surface area contributed by atoms with Crippen molar-refractivity contribution in [3.05, 3.63) is 29.8 Å². The lowest BCUT2D eigenvalue weighted by atomic mass is 10.1. The molecule has 20 heavy (non-hydrogen) atoms. The van der Waals surface area contributed by atoms with Crippen molar-refractivity contribution in [2.45, 2.75) is 63.8 Å². The molecule has 0 radical (unpaired) electrons. The first kappa shape index (κ1) is 13.9. The Hall–Kier alpha value is -1.06. The van der Waals surface area contributed by atoms with E-state index in [1.165, 1.54) is 31.2 Å². The zero-order valence-corrected chi connectivity index (χ0v) is 12.6. The molecule has 0 bridgehead atoms. The van der Waals surface area contributed by atoms with Crippen molar-refractivity contribution in [2.24, 2.45) is 0 Å². The predicted molar refractivity (Wildman–Crippen MR) is 82.5 cm³/mol. The van der Waals surface area contributed by atoms with Gasteiger partial charge in [-0.1, -0.05) is 12.1 Å². The van der Waals surface area contributed by atoms with Crippen LogP contribution in [0.5, 0.6) is 0 Å². The molecule has 2 fully saturated rings. The van der Waals surface area contributed by atoms with Crippen LogP contribution in [-0.2, 0) is 11.3 Å². The van der Waals surface area contributed by atoms with Crippen LogP contribution in [0.25, 0.3) is 0 Å². The van der Waals surface area contributed by atoms with Crippen LogP contribution in [0.3, 0.4) is 0 Å². The number of nitrogen functional groups attached to an aromatic ring is 1. The summed E-state index contributed by atoms with van der Waals surface area (Å²) in [6.45, 7) is 6.49. The summed E-state index contributed by atoms with van der Waals surface area (Å²) in [5.74, 6) is 0. The van der Waals surface area contributed by atoms with Gasteiger partial charge in [0.25, 0.3) is 0 Å². The van der Waals surface area contributed by atoms with Crippen LogP contribution in [0.15, 0.2) is 24.3 Å². The highest BCUT2D eigenvalue weighted by atomic mass is 16.5. The van der Waals surface area contributed by atoms with Crippen LogP contribution in [0.4, 0.5) is 5.69 Å². The summed E-state index contributed by atoms with van der Waals surface area (Å²) in [5, 5.41) is 0. The van der Waals surface area contributed by atoms with Crippen LogP contribution in [0, 0.1) is 0 Å². The maximum absolute atomic E-state index is 6.15. The summed E-state index contributed by atoms with van der Waals surface area (Å²) in [6, 6.07) is 9.04. The number of ether oxygens (including phenoxy) is 1. The molecule has 1 saturated heterocycles. The van der Waals surface area contributed by atoms with E-state index in [2.05, 4.69) is 30.9 Å². The van der Waals surface area contributed by atoms with Gasteiger partial charge in [-0.25, -0.2) is 0 Å². The Balaban J connectivity index is 1.60. The Morgan fingerprint density at radius 3 is 2.45 bits per heavy atom. The summed E-state index contributed by atoms with van der Waals surface area (Å²) in [4.78, 5) is 2.59. The maximum atomic E-state index is 6.15. The van der Waals surface area contributed by atoms with Gasteiger partial charge < -0.3 is 10.5 Å². The second-order valence-corrected chi connectivity index (χ2v) is 6.94. The highest BCUT2D eigenvalue weighted by molar-refractivity contribution is 5.39. The van der Waals surface area contributed by atoms with E-state index in [1.54, 1.807) is 0 Å². The van der Waals surface area contributed by atoms with Crippen molar-refractivity contribution in [1.29, 1.82) is 0 Å². The van der Waals surface area contributed by atoms with Crippen molar-refractivity contribution in [3.63, 3.8) is 0 Å². The van der Waals surface area contributed by atoms with Gasteiger partial charge in [0, 0.05) is 24.8 Å². The van der Waals surface area contributed by atoms with E-state index in [4.69, 9.17) is 10.5 Å². The Labute approximate surface area is 122 Å². The molecular formula is C17H26N2O. The SMILES string of the molecule is CC1(C)CCC(CN(Cc2ccc(N)cc2)C2CC2)O1. The summed E-state index contributed by atoms with van der Waals surface area (Å²) >= 11 is 0. The van der Waals surface area contributed by atoms with Gasteiger partial charge in [-0.2, -0.15) is 0 Å². The largest absolute Gasteiger partial charge is 0.399 e. The van der Waals surface area contributed by atoms with E-state index in [1.807, 2.05) is 12.1 Å². The number of nitrogens with zero attached hydrogens (tertiary/aromatic N) is 1. The number of nitrogens with two attached hydrogens (primary N) is 1. The van der Waals surface area contributed by atoms with Gasteiger partial charge in [0.2, 0.25) is 0 Å². The molecule has 1 aromatic carbocycles. The number of hydrogen-bond acceptors (Lipinski definition) is 3. The molecule has 1 aliphatic carbocycles.